The van der Waals surface area contributed by atoms with Crippen molar-refractivity contribution in [2.24, 2.45) is 5.73 Å². The summed E-state index contributed by atoms with van der Waals surface area (Å²) in [7, 11) is 0. The van der Waals surface area contributed by atoms with Crippen molar-refractivity contribution in [1.82, 2.24) is 0 Å². The average molecular weight is 321 g/mol. The first kappa shape index (κ1) is 12.0. The second-order valence-electron chi connectivity index (χ2n) is 3.28. The van der Waals surface area contributed by atoms with Crippen LogP contribution in [0.5, 0.6) is 0 Å². The maximum absolute atomic E-state index is 13.3. The van der Waals surface area contributed by atoms with E-state index in [1.54, 1.807) is 18.2 Å². The largest absolute Gasteiger partial charge is 0.320 e. The van der Waals surface area contributed by atoms with Crippen LogP contribution in [-0.4, -0.2) is 0 Å². The zero-order chi connectivity index (χ0) is 11.7. The number of halogens is 3. The summed E-state index contributed by atoms with van der Waals surface area (Å²) in [5.41, 5.74) is 6.74. The number of rotatable bonds is 2. The van der Waals surface area contributed by atoms with Crippen molar-refractivity contribution < 1.29 is 4.39 Å². The molecule has 0 bridgehead atoms. The minimum absolute atomic E-state index is 0.319. The van der Waals surface area contributed by atoms with Crippen LogP contribution in [0.1, 0.15) is 16.5 Å². The Morgan fingerprint density at radius 2 is 2.12 bits per heavy atom. The van der Waals surface area contributed by atoms with Crippen LogP contribution in [0.4, 0.5) is 4.39 Å². The van der Waals surface area contributed by atoms with Crippen LogP contribution in [0.25, 0.3) is 0 Å². The van der Waals surface area contributed by atoms with Gasteiger partial charge in [-0.15, -0.1) is 11.3 Å². The van der Waals surface area contributed by atoms with Crippen molar-refractivity contribution in [1.29, 1.82) is 0 Å². The molecule has 0 fully saturated rings. The number of hydrogen-bond donors (Lipinski definition) is 1. The molecule has 84 valence electrons. The van der Waals surface area contributed by atoms with Crippen LogP contribution >= 0.6 is 38.9 Å². The van der Waals surface area contributed by atoms with E-state index in [0.717, 1.165) is 4.88 Å². The van der Waals surface area contributed by atoms with E-state index >= 15 is 0 Å². The van der Waals surface area contributed by atoms with Crippen molar-refractivity contribution in [3.63, 3.8) is 0 Å². The van der Waals surface area contributed by atoms with Crippen LogP contribution in [0.2, 0.25) is 5.02 Å². The Kier molecular flexibility index (Phi) is 3.64. The van der Waals surface area contributed by atoms with E-state index < -0.39 is 0 Å². The first-order chi connectivity index (χ1) is 7.59. The van der Waals surface area contributed by atoms with Crippen LogP contribution in [0.3, 0.4) is 0 Å². The van der Waals surface area contributed by atoms with E-state index in [1.165, 1.54) is 17.4 Å². The lowest BCUT2D eigenvalue weighted by Gasteiger charge is -2.11. The molecule has 0 radical (unpaired) electrons. The highest BCUT2D eigenvalue weighted by Gasteiger charge is 2.15. The normalized spacial score (nSPS) is 12.8. The van der Waals surface area contributed by atoms with E-state index in [4.69, 9.17) is 17.3 Å². The SMILES string of the molecule is NC(c1ccc(Br)c(F)c1)c1sccc1Cl. The molecule has 1 unspecified atom stereocenters. The average Bonchev–Trinajstić information content (AvgIpc) is 2.67. The molecular weight excluding hydrogens is 313 g/mol. The zero-order valence-corrected chi connectivity index (χ0v) is 11.2. The molecule has 2 rings (SSSR count). The lowest BCUT2D eigenvalue weighted by atomic mass is 10.1. The summed E-state index contributed by atoms with van der Waals surface area (Å²) in [5.74, 6) is -0.319. The molecule has 1 heterocycles. The van der Waals surface area contributed by atoms with E-state index in [0.29, 0.717) is 15.1 Å². The van der Waals surface area contributed by atoms with Gasteiger partial charge in [-0.25, -0.2) is 4.39 Å². The number of hydrogen-bond acceptors (Lipinski definition) is 2. The molecular formula is C11H8BrClFNS. The third-order valence-electron chi connectivity index (χ3n) is 2.23. The summed E-state index contributed by atoms with van der Waals surface area (Å²) < 4.78 is 13.8. The fourth-order valence-corrected chi connectivity index (χ4v) is 2.83. The molecule has 2 N–H and O–H groups in total. The van der Waals surface area contributed by atoms with Gasteiger partial charge in [-0.2, -0.15) is 0 Å². The van der Waals surface area contributed by atoms with Gasteiger partial charge in [0.1, 0.15) is 5.82 Å². The molecule has 0 aliphatic carbocycles. The topological polar surface area (TPSA) is 26.0 Å². The fraction of sp³-hybridized carbons (Fsp3) is 0.0909. The van der Waals surface area contributed by atoms with Gasteiger partial charge >= 0.3 is 0 Å². The molecule has 5 heteroatoms. The quantitative estimate of drug-likeness (QED) is 0.874. The summed E-state index contributed by atoms with van der Waals surface area (Å²) in [4.78, 5) is 0.850. The lowest BCUT2D eigenvalue weighted by Crippen LogP contribution is -2.10. The first-order valence-electron chi connectivity index (χ1n) is 4.53. The standard InChI is InChI=1S/C11H8BrClFNS/c12-7-2-1-6(5-9(7)14)10(15)11-8(13)3-4-16-11/h1-5,10H,15H2. The molecule has 2 aromatic rings. The maximum Gasteiger partial charge on any atom is 0.137 e. The molecule has 0 saturated carbocycles. The van der Waals surface area contributed by atoms with Crippen molar-refractivity contribution >= 4 is 38.9 Å². The molecule has 0 aliphatic rings. The predicted octanol–water partition coefficient (Wildman–Crippen LogP) is 4.35. The monoisotopic (exact) mass is 319 g/mol. The van der Waals surface area contributed by atoms with E-state index in [1.807, 2.05) is 5.38 Å². The van der Waals surface area contributed by atoms with Crippen molar-refractivity contribution in [2.75, 3.05) is 0 Å². The second kappa shape index (κ2) is 4.84. The van der Waals surface area contributed by atoms with Crippen molar-refractivity contribution in [3.8, 4) is 0 Å². The van der Waals surface area contributed by atoms with E-state index in [-0.39, 0.29) is 11.9 Å². The summed E-state index contributed by atoms with van der Waals surface area (Å²) >= 11 is 10.6. The van der Waals surface area contributed by atoms with Crippen LogP contribution < -0.4 is 5.73 Å². The number of thiophene rings is 1. The van der Waals surface area contributed by atoms with Crippen LogP contribution in [0, 0.1) is 5.82 Å². The van der Waals surface area contributed by atoms with Gasteiger partial charge < -0.3 is 5.73 Å². The summed E-state index contributed by atoms with van der Waals surface area (Å²) in [5, 5.41) is 2.49. The Morgan fingerprint density at radius 3 is 2.69 bits per heavy atom. The lowest BCUT2D eigenvalue weighted by molar-refractivity contribution is 0.617. The Morgan fingerprint density at radius 1 is 1.38 bits per heavy atom. The first-order valence-corrected chi connectivity index (χ1v) is 6.58. The minimum Gasteiger partial charge on any atom is -0.320 e. The molecule has 0 amide bonds. The molecule has 1 aromatic heterocycles. The van der Waals surface area contributed by atoms with Gasteiger partial charge in [0.2, 0.25) is 0 Å². The summed E-state index contributed by atoms with van der Waals surface area (Å²) in [6, 6.07) is 6.26. The summed E-state index contributed by atoms with van der Waals surface area (Å²) in [6.45, 7) is 0. The third kappa shape index (κ3) is 2.30. The Labute approximate surface area is 110 Å². The van der Waals surface area contributed by atoms with Gasteiger partial charge in [0.15, 0.2) is 0 Å². The van der Waals surface area contributed by atoms with Crippen LogP contribution in [0.15, 0.2) is 34.1 Å². The second-order valence-corrected chi connectivity index (χ2v) is 5.49. The van der Waals surface area contributed by atoms with Gasteiger partial charge in [-0.3, -0.25) is 0 Å². The number of benzene rings is 1. The third-order valence-corrected chi connectivity index (χ3v) is 4.31. The minimum atomic E-state index is -0.380. The Hall–Kier alpha value is -0.420. The highest BCUT2D eigenvalue weighted by Crippen LogP contribution is 2.32. The fourth-order valence-electron chi connectivity index (χ4n) is 1.38. The zero-order valence-electron chi connectivity index (χ0n) is 8.08. The highest BCUT2D eigenvalue weighted by atomic mass is 79.9. The molecule has 0 saturated heterocycles. The molecule has 1 aromatic carbocycles. The summed E-state index contributed by atoms with van der Waals surface area (Å²) in [6.07, 6.45) is 0. The Balaban J connectivity index is 2.38. The number of nitrogens with two attached hydrogens (primary N) is 1. The van der Waals surface area contributed by atoms with Gasteiger partial charge in [0, 0.05) is 4.88 Å². The van der Waals surface area contributed by atoms with Gasteiger partial charge in [-0.1, -0.05) is 17.7 Å². The van der Waals surface area contributed by atoms with Crippen molar-refractivity contribution in [3.05, 3.63) is 55.4 Å². The van der Waals surface area contributed by atoms with Gasteiger partial charge in [0.05, 0.1) is 15.5 Å². The van der Waals surface area contributed by atoms with E-state index in [9.17, 15) is 4.39 Å². The van der Waals surface area contributed by atoms with Crippen LogP contribution in [-0.2, 0) is 0 Å². The highest BCUT2D eigenvalue weighted by molar-refractivity contribution is 9.10. The molecule has 16 heavy (non-hydrogen) atoms. The smallest absolute Gasteiger partial charge is 0.137 e. The maximum atomic E-state index is 13.3. The predicted molar refractivity (Wildman–Crippen MR) is 69.5 cm³/mol. The van der Waals surface area contributed by atoms with E-state index in [2.05, 4.69) is 15.9 Å². The molecule has 0 spiro atoms. The molecule has 0 aliphatic heterocycles. The molecule has 1 atom stereocenters. The van der Waals surface area contributed by atoms with Gasteiger partial charge in [0.25, 0.3) is 0 Å². The molecule has 1 nitrogen and oxygen atoms in total. The van der Waals surface area contributed by atoms with Gasteiger partial charge in [-0.05, 0) is 45.1 Å². The Bertz CT molecular complexity index is 514. The van der Waals surface area contributed by atoms with Crippen molar-refractivity contribution in [2.45, 2.75) is 6.04 Å².